The van der Waals surface area contributed by atoms with Crippen LogP contribution in [0.5, 0.6) is 0 Å². The van der Waals surface area contributed by atoms with Crippen LogP contribution in [0.4, 0.5) is 11.4 Å². The van der Waals surface area contributed by atoms with E-state index in [2.05, 4.69) is 21.1 Å². The third-order valence-corrected chi connectivity index (χ3v) is 4.24. The molecule has 0 heterocycles. The van der Waals surface area contributed by atoms with E-state index in [1.54, 1.807) is 26.0 Å². The van der Waals surface area contributed by atoms with Gasteiger partial charge in [-0.1, -0.05) is 38.1 Å². The molecule has 2 aromatic rings. The first-order chi connectivity index (χ1) is 15.3. The maximum absolute atomic E-state index is 12.1. The molecule has 0 spiro atoms. The number of nitro benzene ring substituents is 2. The van der Waals surface area contributed by atoms with Gasteiger partial charge in [0.05, 0.1) is 21.3 Å². The van der Waals surface area contributed by atoms with Crippen LogP contribution in [-0.2, 0) is 9.59 Å². The number of nitrogens with one attached hydrogen (secondary N) is 2. The number of carbonyl (C=O) groups excluding carboxylic acids is 2. The minimum atomic E-state index is -1.10. The summed E-state index contributed by atoms with van der Waals surface area (Å²) in [6.07, 6.45) is 0.683. The van der Waals surface area contributed by atoms with E-state index >= 15 is 0 Å². The lowest BCUT2D eigenvalue weighted by atomic mass is 10.1. The predicted octanol–water partition coefficient (Wildman–Crippen LogP) is 2.66. The molecule has 2 aromatic carbocycles. The van der Waals surface area contributed by atoms with E-state index in [0.717, 1.165) is 0 Å². The Hall–Kier alpha value is -4.48. The molecule has 0 aliphatic carbocycles. The van der Waals surface area contributed by atoms with Gasteiger partial charge >= 0.3 is 11.8 Å². The summed E-state index contributed by atoms with van der Waals surface area (Å²) in [6.45, 7) is 3.47. The van der Waals surface area contributed by atoms with Crippen molar-refractivity contribution in [3.63, 3.8) is 0 Å². The molecule has 0 bridgehead atoms. The van der Waals surface area contributed by atoms with Crippen LogP contribution in [0.15, 0.2) is 58.7 Å². The summed E-state index contributed by atoms with van der Waals surface area (Å²) < 4.78 is 0. The molecular formula is C20H20N6O6. The Morgan fingerprint density at radius 3 is 1.47 bits per heavy atom. The summed E-state index contributed by atoms with van der Waals surface area (Å²) in [5.74, 6) is -2.20. The molecule has 0 atom stereocenters. The summed E-state index contributed by atoms with van der Waals surface area (Å²) in [4.78, 5) is 44.9. The molecular weight excluding hydrogens is 420 g/mol. The average Bonchev–Trinajstić information content (AvgIpc) is 2.79. The van der Waals surface area contributed by atoms with Crippen molar-refractivity contribution in [1.82, 2.24) is 10.9 Å². The SMILES string of the molecule is CC/C(=N/NC(=O)C(=O)N/N=C(/CC)c1cccc([N+](=O)[O-])c1)c1cccc([N+](=O)[O-])c1. The van der Waals surface area contributed by atoms with Gasteiger partial charge in [-0.3, -0.25) is 29.8 Å². The molecule has 0 aromatic heterocycles. The van der Waals surface area contributed by atoms with E-state index in [4.69, 9.17) is 0 Å². The van der Waals surface area contributed by atoms with Crippen LogP contribution in [0, 0.1) is 20.2 Å². The van der Waals surface area contributed by atoms with Gasteiger partial charge in [-0.25, -0.2) is 10.9 Å². The van der Waals surface area contributed by atoms with E-state index in [1.807, 2.05) is 0 Å². The van der Waals surface area contributed by atoms with E-state index in [9.17, 15) is 29.8 Å². The van der Waals surface area contributed by atoms with E-state index in [-0.39, 0.29) is 11.4 Å². The lowest BCUT2D eigenvalue weighted by molar-refractivity contribution is -0.385. The molecule has 32 heavy (non-hydrogen) atoms. The number of hydrazone groups is 2. The Morgan fingerprint density at radius 2 is 1.16 bits per heavy atom. The minimum Gasteiger partial charge on any atom is -0.262 e. The Bertz CT molecular complexity index is 1020. The third-order valence-electron chi connectivity index (χ3n) is 4.24. The smallest absolute Gasteiger partial charge is 0.262 e. The second kappa shape index (κ2) is 11.1. The van der Waals surface area contributed by atoms with Crippen LogP contribution in [0.2, 0.25) is 0 Å². The normalized spacial score (nSPS) is 11.6. The topological polar surface area (TPSA) is 169 Å². The van der Waals surface area contributed by atoms with Crippen LogP contribution in [0.1, 0.15) is 37.8 Å². The monoisotopic (exact) mass is 440 g/mol. The van der Waals surface area contributed by atoms with E-state index in [1.165, 1.54) is 36.4 Å². The standard InChI is InChI=1S/C20H20N6O6/c1-3-17(13-7-5-9-15(11-13)25(29)30)21-23-19(27)20(28)24-22-18(4-2)14-8-6-10-16(12-14)26(31)32/h5-12H,3-4H2,1-2H3,(H,23,27)(H,24,28)/b21-17-,22-18-. The largest absolute Gasteiger partial charge is 0.331 e. The average molecular weight is 440 g/mol. The molecule has 0 aliphatic rings. The zero-order valence-corrected chi connectivity index (χ0v) is 17.3. The molecule has 12 heteroatoms. The zero-order chi connectivity index (χ0) is 23.7. The summed E-state index contributed by atoms with van der Waals surface area (Å²) in [5, 5.41) is 29.6. The van der Waals surface area contributed by atoms with Crippen LogP contribution in [-0.4, -0.2) is 33.1 Å². The van der Waals surface area contributed by atoms with Gasteiger partial charge in [-0.15, -0.1) is 0 Å². The van der Waals surface area contributed by atoms with Crippen LogP contribution in [0.3, 0.4) is 0 Å². The van der Waals surface area contributed by atoms with Crippen molar-refractivity contribution in [2.45, 2.75) is 26.7 Å². The maximum Gasteiger partial charge on any atom is 0.331 e. The number of non-ortho nitro benzene ring substituents is 2. The Kier molecular flexibility index (Phi) is 8.22. The van der Waals surface area contributed by atoms with Gasteiger partial charge in [-0.05, 0) is 12.8 Å². The first-order valence-electron chi connectivity index (χ1n) is 9.49. The molecule has 0 saturated carbocycles. The van der Waals surface area contributed by atoms with Crippen molar-refractivity contribution in [2.24, 2.45) is 10.2 Å². The van der Waals surface area contributed by atoms with Crippen molar-refractivity contribution < 1.29 is 19.4 Å². The molecule has 12 nitrogen and oxygen atoms in total. The highest BCUT2D eigenvalue weighted by Gasteiger charge is 2.15. The van der Waals surface area contributed by atoms with Crippen molar-refractivity contribution >= 4 is 34.6 Å². The van der Waals surface area contributed by atoms with Gasteiger partial charge in [0.2, 0.25) is 0 Å². The molecule has 0 unspecified atom stereocenters. The summed E-state index contributed by atoms with van der Waals surface area (Å²) in [6, 6.07) is 11.4. The molecule has 0 fully saturated rings. The van der Waals surface area contributed by atoms with Gasteiger partial charge in [0, 0.05) is 35.4 Å². The van der Waals surface area contributed by atoms with Gasteiger partial charge in [0.25, 0.3) is 11.4 Å². The number of nitrogens with zero attached hydrogens (tertiary/aromatic N) is 4. The molecule has 2 N–H and O–H groups in total. The molecule has 2 amide bonds. The van der Waals surface area contributed by atoms with Gasteiger partial charge < -0.3 is 0 Å². The fourth-order valence-electron chi connectivity index (χ4n) is 2.63. The zero-order valence-electron chi connectivity index (χ0n) is 17.3. The summed E-state index contributed by atoms with van der Waals surface area (Å²) in [5.41, 5.74) is 5.47. The minimum absolute atomic E-state index is 0.129. The molecule has 2 rings (SSSR count). The molecule has 0 aliphatic heterocycles. The van der Waals surface area contributed by atoms with Gasteiger partial charge in [-0.2, -0.15) is 10.2 Å². The van der Waals surface area contributed by atoms with Gasteiger partial charge in [0.1, 0.15) is 0 Å². The van der Waals surface area contributed by atoms with E-state index < -0.39 is 21.7 Å². The van der Waals surface area contributed by atoms with Crippen molar-refractivity contribution in [1.29, 1.82) is 0 Å². The van der Waals surface area contributed by atoms with Gasteiger partial charge in [0.15, 0.2) is 0 Å². The fourth-order valence-corrected chi connectivity index (χ4v) is 2.63. The maximum atomic E-state index is 12.1. The van der Waals surface area contributed by atoms with E-state index in [0.29, 0.717) is 35.4 Å². The highest BCUT2D eigenvalue weighted by atomic mass is 16.6. The fraction of sp³-hybridized carbons (Fsp3) is 0.200. The lowest BCUT2D eigenvalue weighted by Gasteiger charge is -2.06. The van der Waals surface area contributed by atoms with Crippen molar-refractivity contribution in [3.05, 3.63) is 79.9 Å². The number of hydrogen-bond donors (Lipinski definition) is 2. The molecule has 166 valence electrons. The first kappa shape index (κ1) is 23.8. The highest BCUT2D eigenvalue weighted by Crippen LogP contribution is 2.16. The second-order valence-corrected chi connectivity index (χ2v) is 6.32. The number of benzene rings is 2. The number of carbonyl (C=O) groups is 2. The Labute approximate surface area is 182 Å². The third kappa shape index (κ3) is 6.26. The lowest BCUT2D eigenvalue weighted by Crippen LogP contribution is -2.36. The highest BCUT2D eigenvalue weighted by molar-refractivity contribution is 6.35. The summed E-state index contributed by atoms with van der Waals surface area (Å²) >= 11 is 0. The number of amides is 2. The van der Waals surface area contributed by atoms with Crippen molar-refractivity contribution in [3.8, 4) is 0 Å². The van der Waals surface area contributed by atoms with Crippen LogP contribution in [0.25, 0.3) is 0 Å². The second-order valence-electron chi connectivity index (χ2n) is 6.32. The Morgan fingerprint density at radius 1 is 0.781 bits per heavy atom. The summed E-state index contributed by atoms with van der Waals surface area (Å²) in [7, 11) is 0. The predicted molar refractivity (Wildman–Crippen MR) is 116 cm³/mol. The number of hydrogen-bond acceptors (Lipinski definition) is 8. The van der Waals surface area contributed by atoms with Crippen molar-refractivity contribution in [2.75, 3.05) is 0 Å². The van der Waals surface area contributed by atoms with Crippen LogP contribution < -0.4 is 10.9 Å². The number of rotatable bonds is 8. The van der Waals surface area contributed by atoms with Crippen LogP contribution >= 0.6 is 0 Å². The molecule has 0 radical (unpaired) electrons. The molecule has 0 saturated heterocycles. The number of nitro groups is 2. The first-order valence-corrected chi connectivity index (χ1v) is 9.49. The Balaban J connectivity index is 2.10. The quantitative estimate of drug-likeness (QED) is 0.277.